The second kappa shape index (κ2) is 4.80. The van der Waals surface area contributed by atoms with Gasteiger partial charge in [0, 0.05) is 35.5 Å². The molecule has 1 atom stereocenters. The van der Waals surface area contributed by atoms with Gasteiger partial charge in [-0.3, -0.25) is 15.0 Å². The molecule has 0 aliphatic rings. The van der Waals surface area contributed by atoms with Gasteiger partial charge in [-0.15, -0.1) is 11.3 Å². The monoisotopic (exact) mass is 257 g/mol. The fourth-order valence-corrected chi connectivity index (χ4v) is 2.56. The molecule has 1 aromatic carbocycles. The van der Waals surface area contributed by atoms with Crippen LogP contribution in [-0.2, 0) is 6.42 Å². The maximum absolute atomic E-state index is 10.3. The molecule has 2 heterocycles. The van der Waals surface area contributed by atoms with Crippen LogP contribution in [0.3, 0.4) is 0 Å². The number of aliphatic hydroxyl groups is 1. The molecule has 0 aliphatic heterocycles. The number of thiazole rings is 1. The van der Waals surface area contributed by atoms with E-state index < -0.39 is 6.10 Å². The summed E-state index contributed by atoms with van der Waals surface area (Å²) in [4.78, 5) is 13.6. The predicted molar refractivity (Wildman–Crippen MR) is 70.3 cm³/mol. The van der Waals surface area contributed by atoms with Crippen molar-refractivity contribution in [2.45, 2.75) is 12.5 Å². The highest BCUT2D eigenvalue weighted by atomic mass is 32.1. The van der Waals surface area contributed by atoms with E-state index in [-0.39, 0.29) is 0 Å². The SMILES string of the molecule is OC(Cc1cncs1)c1cccc2nccnc12. The summed E-state index contributed by atoms with van der Waals surface area (Å²) in [7, 11) is 0. The molecular formula is C13H11N3OS. The zero-order chi connectivity index (χ0) is 12.4. The molecule has 3 aromatic rings. The molecule has 0 spiro atoms. The first-order valence-corrected chi connectivity index (χ1v) is 6.47. The van der Waals surface area contributed by atoms with Gasteiger partial charge in [-0.2, -0.15) is 0 Å². The highest BCUT2D eigenvalue weighted by Gasteiger charge is 2.13. The lowest BCUT2D eigenvalue weighted by molar-refractivity contribution is 0.180. The molecule has 3 rings (SSSR count). The Morgan fingerprint density at radius 1 is 1.22 bits per heavy atom. The van der Waals surface area contributed by atoms with Gasteiger partial charge in [-0.25, -0.2) is 0 Å². The van der Waals surface area contributed by atoms with Crippen molar-refractivity contribution in [3.63, 3.8) is 0 Å². The third-order valence-corrected chi connectivity index (χ3v) is 3.57. The number of hydrogen-bond acceptors (Lipinski definition) is 5. The van der Waals surface area contributed by atoms with E-state index in [1.807, 2.05) is 18.2 Å². The Morgan fingerprint density at radius 3 is 2.94 bits per heavy atom. The first-order valence-electron chi connectivity index (χ1n) is 5.59. The number of benzene rings is 1. The van der Waals surface area contributed by atoms with Gasteiger partial charge in [0.2, 0.25) is 0 Å². The van der Waals surface area contributed by atoms with Crippen LogP contribution in [-0.4, -0.2) is 20.1 Å². The molecule has 5 heteroatoms. The Hall–Kier alpha value is -1.85. The molecule has 1 N–H and O–H groups in total. The van der Waals surface area contributed by atoms with Crippen LogP contribution in [0.4, 0.5) is 0 Å². The van der Waals surface area contributed by atoms with Gasteiger partial charge in [-0.05, 0) is 6.07 Å². The molecule has 2 aromatic heterocycles. The van der Waals surface area contributed by atoms with E-state index in [0.29, 0.717) is 6.42 Å². The zero-order valence-corrected chi connectivity index (χ0v) is 10.3. The summed E-state index contributed by atoms with van der Waals surface area (Å²) >= 11 is 1.54. The summed E-state index contributed by atoms with van der Waals surface area (Å²) in [5, 5.41) is 10.3. The molecular weight excluding hydrogens is 246 g/mol. The summed E-state index contributed by atoms with van der Waals surface area (Å²) in [5.74, 6) is 0. The number of aliphatic hydroxyl groups excluding tert-OH is 1. The molecule has 18 heavy (non-hydrogen) atoms. The quantitative estimate of drug-likeness (QED) is 0.782. The molecule has 0 fully saturated rings. The zero-order valence-electron chi connectivity index (χ0n) is 9.52. The minimum absolute atomic E-state index is 0.556. The number of nitrogens with zero attached hydrogens (tertiary/aromatic N) is 3. The fraction of sp³-hybridized carbons (Fsp3) is 0.154. The Bertz CT molecular complexity index is 649. The van der Waals surface area contributed by atoms with Crippen LogP contribution in [0.5, 0.6) is 0 Å². The van der Waals surface area contributed by atoms with Crippen molar-refractivity contribution in [1.82, 2.24) is 15.0 Å². The predicted octanol–water partition coefficient (Wildman–Crippen LogP) is 2.36. The van der Waals surface area contributed by atoms with Crippen LogP contribution in [0.25, 0.3) is 11.0 Å². The number of rotatable bonds is 3. The summed E-state index contributed by atoms with van der Waals surface area (Å²) in [5.41, 5.74) is 4.15. The molecule has 0 bridgehead atoms. The molecule has 90 valence electrons. The van der Waals surface area contributed by atoms with E-state index in [0.717, 1.165) is 21.5 Å². The van der Waals surface area contributed by atoms with Gasteiger partial charge in [0.1, 0.15) is 0 Å². The molecule has 1 unspecified atom stereocenters. The average Bonchev–Trinajstić information content (AvgIpc) is 2.91. The van der Waals surface area contributed by atoms with E-state index in [1.54, 1.807) is 35.4 Å². The van der Waals surface area contributed by atoms with Crippen molar-refractivity contribution in [1.29, 1.82) is 0 Å². The van der Waals surface area contributed by atoms with Crippen LogP contribution in [0.1, 0.15) is 16.5 Å². The summed E-state index contributed by atoms with van der Waals surface area (Å²) < 4.78 is 0. The van der Waals surface area contributed by atoms with Crippen molar-refractivity contribution < 1.29 is 5.11 Å². The van der Waals surface area contributed by atoms with Gasteiger partial charge in [0.05, 0.1) is 22.6 Å². The normalized spacial score (nSPS) is 12.7. The standard InChI is InChI=1S/C13H11N3OS/c17-12(6-9-7-14-8-18-9)10-2-1-3-11-13(10)16-5-4-15-11/h1-5,7-8,12,17H,6H2. The van der Waals surface area contributed by atoms with E-state index in [1.165, 1.54) is 0 Å². The number of hydrogen-bond donors (Lipinski definition) is 1. The number of para-hydroxylation sites is 1. The van der Waals surface area contributed by atoms with Crippen LogP contribution in [0.2, 0.25) is 0 Å². The largest absolute Gasteiger partial charge is 0.388 e. The molecule has 0 aliphatic carbocycles. The van der Waals surface area contributed by atoms with E-state index in [9.17, 15) is 5.11 Å². The van der Waals surface area contributed by atoms with Crippen LogP contribution in [0, 0.1) is 0 Å². The minimum atomic E-state index is -0.578. The molecule has 4 nitrogen and oxygen atoms in total. The number of aromatic nitrogens is 3. The van der Waals surface area contributed by atoms with Crippen LogP contribution in [0.15, 0.2) is 42.3 Å². The maximum atomic E-state index is 10.3. The third kappa shape index (κ3) is 2.10. The summed E-state index contributed by atoms with van der Waals surface area (Å²) in [6, 6.07) is 5.68. The lowest BCUT2D eigenvalue weighted by Crippen LogP contribution is -2.02. The van der Waals surface area contributed by atoms with Gasteiger partial charge in [0.25, 0.3) is 0 Å². The highest BCUT2D eigenvalue weighted by molar-refractivity contribution is 7.09. The second-order valence-corrected chi connectivity index (χ2v) is 4.93. The minimum Gasteiger partial charge on any atom is -0.388 e. The van der Waals surface area contributed by atoms with E-state index >= 15 is 0 Å². The van der Waals surface area contributed by atoms with Gasteiger partial charge in [-0.1, -0.05) is 12.1 Å². The van der Waals surface area contributed by atoms with Gasteiger partial charge >= 0.3 is 0 Å². The Morgan fingerprint density at radius 2 is 2.11 bits per heavy atom. The van der Waals surface area contributed by atoms with Gasteiger partial charge in [0.15, 0.2) is 0 Å². The van der Waals surface area contributed by atoms with E-state index in [2.05, 4.69) is 15.0 Å². The maximum Gasteiger partial charge on any atom is 0.0944 e. The van der Waals surface area contributed by atoms with Crippen LogP contribution < -0.4 is 0 Å². The van der Waals surface area contributed by atoms with Gasteiger partial charge < -0.3 is 5.11 Å². The summed E-state index contributed by atoms with van der Waals surface area (Å²) in [6.07, 6.45) is 5.06. The molecule has 0 saturated carbocycles. The summed E-state index contributed by atoms with van der Waals surface area (Å²) in [6.45, 7) is 0. The van der Waals surface area contributed by atoms with E-state index in [4.69, 9.17) is 0 Å². The highest BCUT2D eigenvalue weighted by Crippen LogP contribution is 2.25. The fourth-order valence-electron chi connectivity index (χ4n) is 1.93. The smallest absolute Gasteiger partial charge is 0.0944 e. The van der Waals surface area contributed by atoms with Crippen molar-refractivity contribution in [2.24, 2.45) is 0 Å². The van der Waals surface area contributed by atoms with Crippen LogP contribution >= 0.6 is 11.3 Å². The molecule has 0 saturated heterocycles. The topological polar surface area (TPSA) is 58.9 Å². The Kier molecular flexibility index (Phi) is 3.00. The number of fused-ring (bicyclic) bond motifs is 1. The van der Waals surface area contributed by atoms with Crippen molar-refractivity contribution in [2.75, 3.05) is 0 Å². The van der Waals surface area contributed by atoms with Crippen molar-refractivity contribution >= 4 is 22.4 Å². The first-order chi connectivity index (χ1) is 8.84. The van der Waals surface area contributed by atoms with Crippen molar-refractivity contribution in [3.05, 3.63) is 52.7 Å². The lowest BCUT2D eigenvalue weighted by Gasteiger charge is -2.11. The third-order valence-electron chi connectivity index (χ3n) is 2.77. The second-order valence-electron chi connectivity index (χ2n) is 3.96. The Balaban J connectivity index is 1.98. The van der Waals surface area contributed by atoms with Crippen molar-refractivity contribution in [3.8, 4) is 0 Å². The Labute approximate surface area is 108 Å². The first kappa shape index (κ1) is 11.3. The average molecular weight is 257 g/mol. The molecule has 0 radical (unpaired) electrons. The molecule has 0 amide bonds. The lowest BCUT2D eigenvalue weighted by atomic mass is 10.0.